The van der Waals surface area contributed by atoms with Crippen molar-refractivity contribution in [3.05, 3.63) is 59.5 Å². The zero-order valence-corrected chi connectivity index (χ0v) is 15.8. The highest BCUT2D eigenvalue weighted by Crippen LogP contribution is 2.29. The first-order valence-electron chi connectivity index (χ1n) is 9.49. The number of likely N-dealkylation sites (tertiary alicyclic amines) is 1. The van der Waals surface area contributed by atoms with Crippen molar-refractivity contribution in [2.24, 2.45) is 0 Å². The van der Waals surface area contributed by atoms with E-state index in [4.69, 9.17) is 4.74 Å². The summed E-state index contributed by atoms with van der Waals surface area (Å²) >= 11 is 0. The number of hydrogen-bond acceptors (Lipinski definition) is 4. The van der Waals surface area contributed by atoms with Gasteiger partial charge in [0.2, 0.25) is 0 Å². The van der Waals surface area contributed by atoms with Gasteiger partial charge in [-0.15, -0.1) is 0 Å². The minimum atomic E-state index is -0.0180. The molecule has 0 saturated carbocycles. The molecule has 4 rings (SSSR count). The predicted octanol–water partition coefficient (Wildman–Crippen LogP) is 3.46. The number of benzene rings is 1. The Hall–Kier alpha value is -2.89. The van der Waals surface area contributed by atoms with E-state index in [1.54, 1.807) is 16.8 Å². The van der Waals surface area contributed by atoms with Crippen molar-refractivity contribution in [3.8, 4) is 5.75 Å². The van der Waals surface area contributed by atoms with Gasteiger partial charge in [-0.1, -0.05) is 12.1 Å². The zero-order chi connectivity index (χ0) is 18.8. The van der Waals surface area contributed by atoms with Crippen molar-refractivity contribution >= 4 is 11.6 Å². The third kappa shape index (κ3) is 3.52. The quantitative estimate of drug-likeness (QED) is 0.711. The maximum atomic E-state index is 13.0. The molecule has 3 heterocycles. The molecule has 1 aromatic carbocycles. The van der Waals surface area contributed by atoms with Crippen LogP contribution in [0, 0.1) is 6.92 Å². The summed E-state index contributed by atoms with van der Waals surface area (Å²) in [7, 11) is 0. The summed E-state index contributed by atoms with van der Waals surface area (Å²) < 4.78 is 7.25. The number of hydrogen-bond donors (Lipinski definition) is 0. The molecule has 1 aliphatic heterocycles. The lowest BCUT2D eigenvalue weighted by Gasteiger charge is -2.32. The van der Waals surface area contributed by atoms with Gasteiger partial charge in [-0.2, -0.15) is 5.10 Å². The van der Waals surface area contributed by atoms with Gasteiger partial charge in [-0.25, -0.2) is 9.50 Å². The molecule has 0 aliphatic carbocycles. The average Bonchev–Trinajstić information content (AvgIpc) is 3.14. The number of aryl methyl sites for hydroxylation is 1. The van der Waals surface area contributed by atoms with Gasteiger partial charge in [0, 0.05) is 37.0 Å². The van der Waals surface area contributed by atoms with E-state index in [2.05, 4.69) is 22.2 Å². The van der Waals surface area contributed by atoms with Gasteiger partial charge < -0.3 is 9.64 Å². The molecule has 1 fully saturated rings. The molecule has 0 spiro atoms. The van der Waals surface area contributed by atoms with E-state index in [1.807, 2.05) is 36.9 Å². The van der Waals surface area contributed by atoms with Crippen LogP contribution in [0.4, 0.5) is 0 Å². The second-order valence-electron chi connectivity index (χ2n) is 6.98. The third-order valence-corrected chi connectivity index (χ3v) is 5.14. The Morgan fingerprint density at radius 1 is 1.26 bits per heavy atom. The highest BCUT2D eigenvalue weighted by molar-refractivity contribution is 5.93. The number of nitrogens with zero attached hydrogens (tertiary/aromatic N) is 4. The van der Waals surface area contributed by atoms with E-state index in [-0.39, 0.29) is 5.91 Å². The Bertz CT molecular complexity index is 948. The molecule has 1 unspecified atom stereocenters. The predicted molar refractivity (Wildman–Crippen MR) is 103 cm³/mol. The van der Waals surface area contributed by atoms with E-state index in [1.165, 1.54) is 5.56 Å². The Morgan fingerprint density at radius 2 is 2.07 bits per heavy atom. The minimum absolute atomic E-state index is 0.0180. The van der Waals surface area contributed by atoms with Gasteiger partial charge in [0.05, 0.1) is 6.61 Å². The van der Waals surface area contributed by atoms with Crippen LogP contribution in [0.3, 0.4) is 0 Å². The van der Waals surface area contributed by atoms with Gasteiger partial charge in [-0.3, -0.25) is 4.79 Å². The Labute approximate surface area is 158 Å². The molecule has 140 valence electrons. The maximum absolute atomic E-state index is 13.0. The summed E-state index contributed by atoms with van der Waals surface area (Å²) in [6.45, 7) is 6.09. The molecule has 1 aliphatic rings. The van der Waals surface area contributed by atoms with Crippen molar-refractivity contribution in [2.75, 3.05) is 19.7 Å². The van der Waals surface area contributed by atoms with Crippen molar-refractivity contribution in [2.45, 2.75) is 32.6 Å². The number of carbonyl (C=O) groups is 1. The molecular weight excluding hydrogens is 340 g/mol. The maximum Gasteiger partial charge on any atom is 0.274 e. The smallest absolute Gasteiger partial charge is 0.274 e. The summed E-state index contributed by atoms with van der Waals surface area (Å²) in [6.07, 6.45) is 3.82. The normalized spacial score (nSPS) is 17.3. The van der Waals surface area contributed by atoms with Crippen LogP contribution in [0.15, 0.2) is 42.6 Å². The van der Waals surface area contributed by atoms with Crippen molar-refractivity contribution < 1.29 is 9.53 Å². The molecule has 3 aromatic rings. The fourth-order valence-electron chi connectivity index (χ4n) is 3.72. The first-order valence-corrected chi connectivity index (χ1v) is 9.49. The molecule has 6 nitrogen and oxygen atoms in total. The van der Waals surface area contributed by atoms with Gasteiger partial charge >= 0.3 is 0 Å². The first kappa shape index (κ1) is 17.5. The van der Waals surface area contributed by atoms with Gasteiger partial charge in [-0.05, 0) is 50.5 Å². The number of carbonyl (C=O) groups excluding carboxylic acids is 1. The van der Waals surface area contributed by atoms with Crippen LogP contribution in [0.1, 0.15) is 47.4 Å². The molecule has 0 radical (unpaired) electrons. The molecule has 1 amide bonds. The molecule has 2 aromatic heterocycles. The van der Waals surface area contributed by atoms with Crippen LogP contribution in [0.25, 0.3) is 5.65 Å². The van der Waals surface area contributed by atoms with E-state index in [0.717, 1.165) is 30.8 Å². The van der Waals surface area contributed by atoms with Crippen molar-refractivity contribution in [1.82, 2.24) is 19.5 Å². The standard InChI is InChI=1S/C21H24N4O2/c1-3-27-18-8-6-16(7-9-18)17-5-4-12-24(14-17)21(26)19-13-20-22-11-10-15(2)25(20)23-19/h6-11,13,17H,3-5,12,14H2,1-2H3. The lowest BCUT2D eigenvalue weighted by atomic mass is 9.90. The van der Waals surface area contributed by atoms with Gasteiger partial charge in [0.1, 0.15) is 5.75 Å². The molecule has 6 heteroatoms. The number of fused-ring (bicyclic) bond motifs is 1. The molecule has 1 saturated heterocycles. The number of rotatable bonds is 4. The van der Waals surface area contributed by atoms with Gasteiger partial charge in [0.15, 0.2) is 11.3 Å². The van der Waals surface area contributed by atoms with Crippen LogP contribution in [-0.2, 0) is 0 Å². The first-order chi connectivity index (χ1) is 13.2. The SMILES string of the molecule is CCOc1ccc(C2CCCN(C(=O)c3cc4nccc(C)n4n3)C2)cc1. The second kappa shape index (κ2) is 7.39. The number of ether oxygens (including phenoxy) is 1. The number of piperidine rings is 1. The molecular formula is C21H24N4O2. The topological polar surface area (TPSA) is 59.7 Å². The van der Waals surface area contributed by atoms with Crippen molar-refractivity contribution in [3.63, 3.8) is 0 Å². The summed E-state index contributed by atoms with van der Waals surface area (Å²) in [5.41, 5.74) is 3.39. The lowest BCUT2D eigenvalue weighted by Crippen LogP contribution is -2.39. The Kier molecular flexibility index (Phi) is 4.79. The molecule has 27 heavy (non-hydrogen) atoms. The Morgan fingerprint density at radius 3 is 2.81 bits per heavy atom. The second-order valence-corrected chi connectivity index (χ2v) is 6.98. The van der Waals surface area contributed by atoms with E-state index in [9.17, 15) is 4.79 Å². The van der Waals surface area contributed by atoms with E-state index >= 15 is 0 Å². The summed E-state index contributed by atoms with van der Waals surface area (Å²) in [5, 5.41) is 4.46. The van der Waals surface area contributed by atoms with Crippen LogP contribution >= 0.6 is 0 Å². The fraction of sp³-hybridized carbons (Fsp3) is 0.381. The summed E-state index contributed by atoms with van der Waals surface area (Å²) in [6, 6.07) is 11.9. The number of amides is 1. The van der Waals surface area contributed by atoms with Crippen molar-refractivity contribution in [1.29, 1.82) is 0 Å². The molecule has 1 atom stereocenters. The van der Waals surface area contributed by atoms with Crippen LogP contribution < -0.4 is 4.74 Å². The molecule has 0 bridgehead atoms. The summed E-state index contributed by atoms with van der Waals surface area (Å²) in [4.78, 5) is 19.2. The lowest BCUT2D eigenvalue weighted by molar-refractivity contribution is 0.0700. The van der Waals surface area contributed by atoms with Gasteiger partial charge in [0.25, 0.3) is 5.91 Å². The van der Waals surface area contributed by atoms with E-state index in [0.29, 0.717) is 30.4 Å². The zero-order valence-electron chi connectivity index (χ0n) is 15.8. The van der Waals surface area contributed by atoms with E-state index < -0.39 is 0 Å². The summed E-state index contributed by atoms with van der Waals surface area (Å²) in [5.74, 6) is 1.21. The largest absolute Gasteiger partial charge is 0.494 e. The average molecular weight is 364 g/mol. The van der Waals surface area contributed by atoms with Crippen LogP contribution in [0.5, 0.6) is 5.75 Å². The highest BCUT2D eigenvalue weighted by atomic mass is 16.5. The Balaban J connectivity index is 1.51. The fourth-order valence-corrected chi connectivity index (χ4v) is 3.72. The van der Waals surface area contributed by atoms with Crippen LogP contribution in [0.2, 0.25) is 0 Å². The van der Waals surface area contributed by atoms with Crippen LogP contribution in [-0.4, -0.2) is 45.1 Å². The number of aromatic nitrogens is 3. The monoisotopic (exact) mass is 364 g/mol. The molecule has 0 N–H and O–H groups in total. The third-order valence-electron chi connectivity index (χ3n) is 5.14. The minimum Gasteiger partial charge on any atom is -0.494 e. The highest BCUT2D eigenvalue weighted by Gasteiger charge is 2.27.